The van der Waals surface area contributed by atoms with Gasteiger partial charge in [-0.15, -0.1) is 0 Å². The summed E-state index contributed by atoms with van der Waals surface area (Å²) in [5.41, 5.74) is 0.870. The highest BCUT2D eigenvalue weighted by atomic mass is 32.2. The van der Waals surface area contributed by atoms with Gasteiger partial charge in [0.25, 0.3) is 5.91 Å². The van der Waals surface area contributed by atoms with Crippen LogP contribution >= 0.6 is 0 Å². The van der Waals surface area contributed by atoms with Gasteiger partial charge in [0.15, 0.2) is 0 Å². The number of rotatable bonds is 6. The van der Waals surface area contributed by atoms with Crippen molar-refractivity contribution in [2.75, 3.05) is 19.4 Å². The number of halogens is 1. The summed E-state index contributed by atoms with van der Waals surface area (Å²) in [6.45, 7) is 3.01. The third-order valence-corrected chi connectivity index (χ3v) is 5.50. The number of hydrogen-bond acceptors (Lipinski definition) is 4. The second kappa shape index (κ2) is 8.49. The van der Waals surface area contributed by atoms with Crippen LogP contribution in [0.4, 0.5) is 10.1 Å². The second-order valence-corrected chi connectivity index (χ2v) is 8.24. The molecule has 28 heavy (non-hydrogen) atoms. The Bertz CT molecular complexity index is 1010. The Labute approximate surface area is 163 Å². The van der Waals surface area contributed by atoms with E-state index in [4.69, 9.17) is 0 Å². The molecule has 0 saturated heterocycles. The number of likely N-dealkylation sites (N-methyl/N-ethyl adjacent to an activating group) is 1. The lowest BCUT2D eigenvalue weighted by Crippen LogP contribution is -2.44. The number of aryl methyl sites for hydroxylation is 1. The number of hydrogen-bond donors (Lipinski definition) is 2. The van der Waals surface area contributed by atoms with Crippen LogP contribution in [0.2, 0.25) is 0 Å². The minimum absolute atomic E-state index is 0.108. The largest absolute Gasteiger partial charge is 0.347 e. The van der Waals surface area contributed by atoms with Crippen molar-refractivity contribution in [3.63, 3.8) is 0 Å². The number of amides is 2. The van der Waals surface area contributed by atoms with Crippen molar-refractivity contribution >= 4 is 27.5 Å². The quantitative estimate of drug-likeness (QED) is 0.767. The van der Waals surface area contributed by atoms with Gasteiger partial charge in [0.2, 0.25) is 15.9 Å². The third-order valence-electron chi connectivity index (χ3n) is 3.97. The average molecular weight is 407 g/mol. The summed E-state index contributed by atoms with van der Waals surface area (Å²) in [5, 5.41) is 2.60. The van der Waals surface area contributed by atoms with Crippen LogP contribution in [0.3, 0.4) is 0 Å². The SMILES string of the molecule is Cc1cc(NC(=O)c2cccc(S(=O)(=O)N[C@H](C)C(=O)N(C)C)c2)ccc1F. The van der Waals surface area contributed by atoms with E-state index >= 15 is 0 Å². The predicted molar refractivity (Wildman–Crippen MR) is 104 cm³/mol. The highest BCUT2D eigenvalue weighted by molar-refractivity contribution is 7.89. The summed E-state index contributed by atoms with van der Waals surface area (Å²) < 4.78 is 40.7. The predicted octanol–water partition coefficient (Wildman–Crippen LogP) is 2.14. The van der Waals surface area contributed by atoms with Crippen molar-refractivity contribution in [2.24, 2.45) is 0 Å². The number of carbonyl (C=O) groups is 2. The normalized spacial score (nSPS) is 12.3. The molecule has 7 nitrogen and oxygen atoms in total. The molecule has 150 valence electrons. The number of carbonyl (C=O) groups excluding carboxylic acids is 2. The van der Waals surface area contributed by atoms with Crippen LogP contribution in [0.25, 0.3) is 0 Å². The van der Waals surface area contributed by atoms with Gasteiger partial charge in [0.1, 0.15) is 5.82 Å². The van der Waals surface area contributed by atoms with Crippen molar-refractivity contribution in [2.45, 2.75) is 24.8 Å². The van der Waals surface area contributed by atoms with E-state index in [1.807, 2.05) is 0 Å². The van der Waals surface area contributed by atoms with E-state index in [9.17, 15) is 22.4 Å². The van der Waals surface area contributed by atoms with Crippen molar-refractivity contribution in [3.8, 4) is 0 Å². The molecule has 0 radical (unpaired) electrons. The molecule has 0 saturated carbocycles. The standard InChI is InChI=1S/C19H22FN3O4S/c1-12-10-15(8-9-17(12)20)21-18(24)14-6-5-7-16(11-14)28(26,27)22-13(2)19(25)23(3)4/h5-11,13,22H,1-4H3,(H,21,24)/t13-/m1/s1. The van der Waals surface area contributed by atoms with E-state index in [-0.39, 0.29) is 10.5 Å². The Morgan fingerprint density at radius 3 is 2.39 bits per heavy atom. The molecular formula is C19H22FN3O4S. The van der Waals surface area contributed by atoms with Gasteiger partial charge in [-0.3, -0.25) is 9.59 Å². The van der Waals surface area contributed by atoms with Gasteiger partial charge in [0.05, 0.1) is 10.9 Å². The molecule has 2 amide bonds. The van der Waals surface area contributed by atoms with Crippen LogP contribution in [0.15, 0.2) is 47.4 Å². The van der Waals surface area contributed by atoms with Gasteiger partial charge < -0.3 is 10.2 Å². The fraction of sp³-hybridized carbons (Fsp3) is 0.263. The number of anilines is 1. The number of nitrogens with zero attached hydrogens (tertiary/aromatic N) is 1. The molecule has 0 bridgehead atoms. The van der Waals surface area contributed by atoms with E-state index in [0.717, 1.165) is 0 Å². The summed E-state index contributed by atoms with van der Waals surface area (Å²) in [4.78, 5) is 25.5. The zero-order valence-corrected chi connectivity index (χ0v) is 16.8. The van der Waals surface area contributed by atoms with E-state index < -0.39 is 33.7 Å². The summed E-state index contributed by atoms with van der Waals surface area (Å²) in [6, 6.07) is 8.59. The van der Waals surface area contributed by atoms with Gasteiger partial charge in [-0.05, 0) is 55.8 Å². The van der Waals surface area contributed by atoms with Gasteiger partial charge in [0, 0.05) is 25.3 Å². The van der Waals surface area contributed by atoms with Crippen LogP contribution in [-0.4, -0.2) is 45.3 Å². The molecule has 0 aliphatic rings. The van der Waals surface area contributed by atoms with Gasteiger partial charge >= 0.3 is 0 Å². The number of benzene rings is 2. The monoisotopic (exact) mass is 407 g/mol. The maximum Gasteiger partial charge on any atom is 0.255 e. The molecule has 2 aromatic carbocycles. The summed E-state index contributed by atoms with van der Waals surface area (Å²) in [7, 11) is -0.960. The molecule has 9 heteroatoms. The van der Waals surface area contributed by atoms with E-state index in [1.54, 1.807) is 6.92 Å². The number of nitrogens with one attached hydrogen (secondary N) is 2. The topological polar surface area (TPSA) is 95.6 Å². The molecule has 1 atom stereocenters. The molecule has 0 fully saturated rings. The molecule has 0 unspecified atom stereocenters. The average Bonchev–Trinajstić information content (AvgIpc) is 2.63. The second-order valence-electron chi connectivity index (χ2n) is 6.52. The molecule has 2 N–H and O–H groups in total. The van der Waals surface area contributed by atoms with Crippen molar-refractivity contribution in [1.29, 1.82) is 0 Å². The van der Waals surface area contributed by atoms with Crippen LogP contribution in [0.1, 0.15) is 22.8 Å². The first-order chi connectivity index (χ1) is 13.0. The van der Waals surface area contributed by atoms with Crippen molar-refractivity contribution in [1.82, 2.24) is 9.62 Å². The highest BCUT2D eigenvalue weighted by Gasteiger charge is 2.23. The van der Waals surface area contributed by atoms with Gasteiger partial charge in [-0.1, -0.05) is 6.07 Å². The van der Waals surface area contributed by atoms with Crippen LogP contribution in [0.5, 0.6) is 0 Å². The Balaban J connectivity index is 2.21. The maximum atomic E-state index is 13.3. The third kappa shape index (κ3) is 5.14. The lowest BCUT2D eigenvalue weighted by atomic mass is 10.2. The van der Waals surface area contributed by atoms with Crippen LogP contribution in [-0.2, 0) is 14.8 Å². The minimum atomic E-state index is -4.01. The molecule has 2 aromatic rings. The fourth-order valence-corrected chi connectivity index (χ4v) is 3.71. The Kier molecular flexibility index (Phi) is 6.52. The maximum absolute atomic E-state index is 13.3. The zero-order chi connectivity index (χ0) is 21.1. The summed E-state index contributed by atoms with van der Waals surface area (Å²) in [6.07, 6.45) is 0. The first kappa shape index (κ1) is 21.5. The molecule has 0 spiro atoms. The van der Waals surface area contributed by atoms with Gasteiger partial charge in [-0.25, -0.2) is 12.8 Å². The molecule has 2 rings (SSSR count). The van der Waals surface area contributed by atoms with Crippen LogP contribution < -0.4 is 10.0 Å². The molecule has 0 aromatic heterocycles. The zero-order valence-electron chi connectivity index (χ0n) is 16.0. The first-order valence-electron chi connectivity index (χ1n) is 8.42. The van der Waals surface area contributed by atoms with Crippen molar-refractivity contribution in [3.05, 3.63) is 59.4 Å². The fourth-order valence-electron chi connectivity index (χ4n) is 2.47. The molecule has 0 aliphatic heterocycles. The molecule has 0 heterocycles. The van der Waals surface area contributed by atoms with Crippen LogP contribution in [0, 0.1) is 12.7 Å². The summed E-state index contributed by atoms with van der Waals surface area (Å²) in [5.74, 6) is -1.33. The lowest BCUT2D eigenvalue weighted by Gasteiger charge is -2.18. The Morgan fingerprint density at radius 1 is 1.11 bits per heavy atom. The smallest absolute Gasteiger partial charge is 0.255 e. The lowest BCUT2D eigenvalue weighted by molar-refractivity contribution is -0.130. The molecular weight excluding hydrogens is 385 g/mol. The van der Waals surface area contributed by atoms with E-state index in [1.165, 1.54) is 68.4 Å². The minimum Gasteiger partial charge on any atom is -0.347 e. The highest BCUT2D eigenvalue weighted by Crippen LogP contribution is 2.17. The van der Waals surface area contributed by atoms with E-state index in [0.29, 0.717) is 11.3 Å². The van der Waals surface area contributed by atoms with E-state index in [2.05, 4.69) is 10.0 Å². The van der Waals surface area contributed by atoms with Crippen molar-refractivity contribution < 1.29 is 22.4 Å². The Morgan fingerprint density at radius 2 is 1.79 bits per heavy atom. The van der Waals surface area contributed by atoms with Gasteiger partial charge in [-0.2, -0.15) is 4.72 Å². The first-order valence-corrected chi connectivity index (χ1v) is 9.90. The molecule has 0 aliphatic carbocycles. The number of sulfonamides is 1. The Hall–Kier alpha value is -2.78. The summed E-state index contributed by atoms with van der Waals surface area (Å²) >= 11 is 0.